The summed E-state index contributed by atoms with van der Waals surface area (Å²) in [5.74, 6) is -4.41. The molecule has 0 aliphatic carbocycles. The molecular weight excluding hydrogens is 573 g/mol. The van der Waals surface area contributed by atoms with Crippen molar-refractivity contribution in [1.82, 2.24) is 19.4 Å². The van der Waals surface area contributed by atoms with Crippen LogP contribution >= 0.6 is 0 Å². The molecule has 0 spiro atoms. The fraction of sp³-hybridized carbons (Fsp3) is 0.312. The van der Waals surface area contributed by atoms with E-state index in [2.05, 4.69) is 16.5 Å². The van der Waals surface area contributed by atoms with Crippen molar-refractivity contribution >= 4 is 28.3 Å². The van der Waals surface area contributed by atoms with Crippen molar-refractivity contribution in [3.63, 3.8) is 0 Å². The van der Waals surface area contributed by atoms with E-state index in [1.54, 1.807) is 29.1 Å². The number of nitrogens with zero attached hydrogens (tertiary/aromatic N) is 6. The molecule has 1 N–H and O–H groups in total. The largest absolute Gasteiger partial charge is 0.507 e. The van der Waals surface area contributed by atoms with Crippen molar-refractivity contribution in [3.05, 3.63) is 82.3 Å². The Bertz CT molecular complexity index is 1920. The Balaban J connectivity index is 1.76. The van der Waals surface area contributed by atoms with E-state index in [4.69, 9.17) is 0 Å². The average molecular weight is 605 g/mol. The average Bonchev–Trinajstić information content (AvgIpc) is 3.11. The summed E-state index contributed by atoms with van der Waals surface area (Å²) in [4.78, 5) is 40.8. The van der Waals surface area contributed by atoms with Crippen LogP contribution in [0.3, 0.4) is 0 Å². The normalized spacial score (nSPS) is 16.4. The highest BCUT2D eigenvalue weighted by Crippen LogP contribution is 2.46. The van der Waals surface area contributed by atoms with Crippen LogP contribution in [0.2, 0.25) is 0 Å². The molecule has 1 amide bonds. The Morgan fingerprint density at radius 1 is 1.11 bits per heavy atom. The summed E-state index contributed by atoms with van der Waals surface area (Å²) in [6, 6.07) is 4.34. The van der Waals surface area contributed by atoms with Crippen LogP contribution in [0.5, 0.6) is 5.75 Å². The number of phenolic OH excluding ortho intramolecular Hbond substituents is 1. The number of rotatable bonds is 4. The maximum absolute atomic E-state index is 16.8. The second-order valence-electron chi connectivity index (χ2n) is 11.5. The van der Waals surface area contributed by atoms with Gasteiger partial charge in [0.15, 0.2) is 17.5 Å². The SMILES string of the molecule is C=CC(=O)N1CCN2c3nc(=O)n(-c4c(C)ccnc4C(C)C)c4cc(-c5c(O)ccc(F)c5F)c(F)c(c34)N(C)CC2C1. The second-order valence-corrected chi connectivity index (χ2v) is 11.5. The number of benzene rings is 2. The summed E-state index contributed by atoms with van der Waals surface area (Å²) >= 11 is 0. The highest BCUT2D eigenvalue weighted by molar-refractivity contribution is 6.05. The first-order valence-corrected chi connectivity index (χ1v) is 14.3. The quantitative estimate of drug-likeness (QED) is 0.339. The number of carbonyl (C=O) groups is 1. The third-order valence-corrected chi connectivity index (χ3v) is 8.45. The fourth-order valence-electron chi connectivity index (χ4n) is 6.40. The van der Waals surface area contributed by atoms with Crippen molar-refractivity contribution in [3.8, 4) is 22.6 Å². The summed E-state index contributed by atoms with van der Waals surface area (Å²) in [5, 5.41) is 10.9. The molecule has 2 aliphatic heterocycles. The number of fused-ring (bicyclic) bond motifs is 2. The topological polar surface area (TPSA) is 94.8 Å². The zero-order valence-corrected chi connectivity index (χ0v) is 24.7. The van der Waals surface area contributed by atoms with Crippen LogP contribution in [0.4, 0.5) is 24.7 Å². The van der Waals surface area contributed by atoms with Crippen molar-refractivity contribution in [2.75, 3.05) is 43.0 Å². The summed E-state index contributed by atoms with van der Waals surface area (Å²) < 4.78 is 47.9. The second kappa shape index (κ2) is 10.7. The van der Waals surface area contributed by atoms with Gasteiger partial charge in [-0.15, -0.1) is 0 Å². The predicted molar refractivity (Wildman–Crippen MR) is 162 cm³/mol. The van der Waals surface area contributed by atoms with Gasteiger partial charge in [-0.2, -0.15) is 4.98 Å². The van der Waals surface area contributed by atoms with Gasteiger partial charge in [0.2, 0.25) is 5.91 Å². The molecule has 12 heteroatoms. The zero-order chi connectivity index (χ0) is 31.6. The zero-order valence-electron chi connectivity index (χ0n) is 24.7. The first-order valence-electron chi connectivity index (χ1n) is 14.3. The minimum atomic E-state index is -1.42. The van der Waals surface area contributed by atoms with Crippen LogP contribution in [0.25, 0.3) is 27.7 Å². The first kappa shape index (κ1) is 29.2. The number of hydrogen-bond donors (Lipinski definition) is 1. The van der Waals surface area contributed by atoms with Crippen molar-refractivity contribution in [2.24, 2.45) is 0 Å². The van der Waals surface area contributed by atoms with E-state index >= 15 is 8.78 Å². The summed E-state index contributed by atoms with van der Waals surface area (Å²) in [6.07, 6.45) is 2.87. The van der Waals surface area contributed by atoms with Gasteiger partial charge < -0.3 is 19.8 Å². The molecule has 1 saturated heterocycles. The van der Waals surface area contributed by atoms with E-state index < -0.39 is 40.0 Å². The number of phenols is 1. The predicted octanol–water partition coefficient (Wildman–Crippen LogP) is 4.66. The molecule has 6 rings (SSSR count). The van der Waals surface area contributed by atoms with E-state index in [0.29, 0.717) is 30.0 Å². The number of likely N-dealkylation sites (N-methyl/N-ethyl adjacent to an activating group) is 1. The molecule has 0 radical (unpaired) electrons. The third kappa shape index (κ3) is 4.39. The number of piperazine rings is 1. The van der Waals surface area contributed by atoms with Crippen LogP contribution in [0.1, 0.15) is 31.0 Å². The van der Waals surface area contributed by atoms with Gasteiger partial charge >= 0.3 is 5.69 Å². The van der Waals surface area contributed by atoms with Gasteiger partial charge in [-0.1, -0.05) is 20.4 Å². The number of hydrogen-bond acceptors (Lipinski definition) is 7. The molecule has 228 valence electrons. The lowest BCUT2D eigenvalue weighted by atomic mass is 9.98. The number of aryl methyl sites for hydroxylation is 1. The van der Waals surface area contributed by atoms with Crippen LogP contribution < -0.4 is 15.5 Å². The number of anilines is 2. The molecule has 9 nitrogen and oxygen atoms in total. The molecule has 1 fully saturated rings. The standard InChI is InChI=1S/C32H31F3N6O3/c1-6-23(43)39-11-12-40-18(15-39)14-38(5)30-25-21(13-19(26(30)34)24-22(42)8-7-20(33)27(24)35)41(32(44)37-31(25)40)29-17(4)9-10-36-28(29)16(2)3/h6-10,13,16,18,42H,1,11-12,14-15H2,2-5H3. The van der Waals surface area contributed by atoms with Crippen LogP contribution in [0, 0.1) is 24.4 Å². The molecule has 2 aromatic carbocycles. The van der Waals surface area contributed by atoms with Crippen molar-refractivity contribution in [2.45, 2.75) is 32.7 Å². The lowest BCUT2D eigenvalue weighted by Crippen LogP contribution is -2.57. The molecule has 1 atom stereocenters. The monoisotopic (exact) mass is 604 g/mol. The van der Waals surface area contributed by atoms with Gasteiger partial charge in [0.25, 0.3) is 0 Å². The van der Waals surface area contributed by atoms with Crippen molar-refractivity contribution < 1.29 is 23.1 Å². The molecule has 4 heterocycles. The van der Waals surface area contributed by atoms with E-state index in [0.717, 1.165) is 12.1 Å². The van der Waals surface area contributed by atoms with E-state index in [9.17, 15) is 19.1 Å². The minimum Gasteiger partial charge on any atom is -0.507 e. The number of amides is 1. The van der Waals surface area contributed by atoms with E-state index in [1.165, 1.54) is 16.7 Å². The summed E-state index contributed by atoms with van der Waals surface area (Å²) in [5.41, 5.74) is 0.164. The van der Waals surface area contributed by atoms with Crippen LogP contribution in [-0.4, -0.2) is 69.7 Å². The Morgan fingerprint density at radius 2 is 1.86 bits per heavy atom. The highest BCUT2D eigenvalue weighted by atomic mass is 19.2. The van der Waals surface area contributed by atoms with E-state index in [1.807, 2.05) is 25.7 Å². The third-order valence-electron chi connectivity index (χ3n) is 8.45. The van der Waals surface area contributed by atoms with Crippen LogP contribution in [0.15, 0.2) is 47.9 Å². The van der Waals surface area contributed by atoms with Gasteiger partial charge in [-0.05, 0) is 48.7 Å². The maximum atomic E-state index is 16.8. The molecule has 4 aromatic rings. The van der Waals surface area contributed by atoms with Gasteiger partial charge in [0.1, 0.15) is 11.6 Å². The smallest absolute Gasteiger partial charge is 0.354 e. The highest BCUT2D eigenvalue weighted by Gasteiger charge is 2.38. The van der Waals surface area contributed by atoms with Crippen LogP contribution in [-0.2, 0) is 4.79 Å². The van der Waals surface area contributed by atoms with Gasteiger partial charge in [0, 0.05) is 45.0 Å². The van der Waals surface area contributed by atoms with Gasteiger partial charge in [-0.3, -0.25) is 14.3 Å². The number of aromatic hydroxyl groups is 1. The summed E-state index contributed by atoms with van der Waals surface area (Å²) in [6.45, 7) is 10.4. The number of pyridine rings is 1. The van der Waals surface area contributed by atoms with E-state index in [-0.39, 0.29) is 53.4 Å². The first-order chi connectivity index (χ1) is 20.9. The molecule has 2 aromatic heterocycles. The van der Waals surface area contributed by atoms with Gasteiger partial charge in [0.05, 0.1) is 39.6 Å². The Hall–Kier alpha value is -4.87. The molecule has 0 saturated carbocycles. The summed E-state index contributed by atoms with van der Waals surface area (Å²) in [7, 11) is 1.65. The number of carbonyl (C=O) groups excluding carboxylic acids is 1. The number of halogens is 3. The molecule has 0 bridgehead atoms. The fourth-order valence-corrected chi connectivity index (χ4v) is 6.40. The molecule has 44 heavy (non-hydrogen) atoms. The lowest BCUT2D eigenvalue weighted by molar-refractivity contribution is -0.126. The minimum absolute atomic E-state index is 0.000416. The Morgan fingerprint density at radius 3 is 2.57 bits per heavy atom. The Kier molecular flexibility index (Phi) is 7.10. The van der Waals surface area contributed by atoms with Crippen molar-refractivity contribution in [1.29, 1.82) is 0 Å². The Labute approximate surface area is 251 Å². The lowest BCUT2D eigenvalue weighted by Gasteiger charge is -2.41. The molecule has 1 unspecified atom stereocenters. The maximum Gasteiger partial charge on any atom is 0.354 e. The molecule has 2 aliphatic rings. The molecular formula is C32H31F3N6O3. The van der Waals surface area contributed by atoms with Gasteiger partial charge in [-0.25, -0.2) is 18.0 Å². The number of aromatic nitrogens is 3.